The SMILES string of the molecule is CCCc1cnc2ccc(Sc3cnc4cccnc4c3)cc2c1. The zero-order chi connectivity index (χ0) is 16.4. The topological polar surface area (TPSA) is 38.7 Å². The molecule has 0 aliphatic carbocycles. The molecule has 24 heavy (non-hydrogen) atoms. The summed E-state index contributed by atoms with van der Waals surface area (Å²) in [6.45, 7) is 2.19. The van der Waals surface area contributed by atoms with Crippen LogP contribution in [-0.2, 0) is 6.42 Å². The van der Waals surface area contributed by atoms with Gasteiger partial charge in [-0.1, -0.05) is 25.1 Å². The number of rotatable bonds is 4. The van der Waals surface area contributed by atoms with Crippen molar-refractivity contribution in [3.05, 3.63) is 66.6 Å². The van der Waals surface area contributed by atoms with Gasteiger partial charge < -0.3 is 0 Å². The monoisotopic (exact) mass is 331 g/mol. The molecule has 118 valence electrons. The average molecular weight is 331 g/mol. The fraction of sp³-hybridized carbons (Fsp3) is 0.150. The molecule has 3 heterocycles. The molecule has 0 aliphatic heterocycles. The third kappa shape index (κ3) is 3.10. The Morgan fingerprint density at radius 3 is 2.67 bits per heavy atom. The van der Waals surface area contributed by atoms with Gasteiger partial charge in [-0.2, -0.15) is 0 Å². The molecular formula is C20H17N3S. The first-order valence-corrected chi connectivity index (χ1v) is 8.91. The Balaban J connectivity index is 1.67. The van der Waals surface area contributed by atoms with E-state index in [4.69, 9.17) is 0 Å². The van der Waals surface area contributed by atoms with Crippen molar-refractivity contribution in [3.8, 4) is 0 Å². The minimum Gasteiger partial charge on any atom is -0.256 e. The fourth-order valence-electron chi connectivity index (χ4n) is 2.77. The van der Waals surface area contributed by atoms with Crippen molar-refractivity contribution < 1.29 is 0 Å². The van der Waals surface area contributed by atoms with Crippen molar-refractivity contribution in [2.45, 2.75) is 29.6 Å². The molecule has 3 aromatic heterocycles. The molecule has 4 rings (SSSR count). The molecule has 0 amide bonds. The van der Waals surface area contributed by atoms with E-state index in [0.717, 1.165) is 34.3 Å². The highest BCUT2D eigenvalue weighted by atomic mass is 32.2. The van der Waals surface area contributed by atoms with Crippen LogP contribution in [0.1, 0.15) is 18.9 Å². The molecule has 0 radical (unpaired) electrons. The number of aromatic nitrogens is 3. The largest absolute Gasteiger partial charge is 0.256 e. The summed E-state index contributed by atoms with van der Waals surface area (Å²) in [5, 5.41) is 1.19. The van der Waals surface area contributed by atoms with Gasteiger partial charge in [-0.3, -0.25) is 15.0 Å². The molecule has 0 saturated heterocycles. The van der Waals surface area contributed by atoms with Gasteiger partial charge in [-0.15, -0.1) is 0 Å². The molecule has 0 aliphatic rings. The first-order valence-electron chi connectivity index (χ1n) is 8.09. The Morgan fingerprint density at radius 2 is 1.75 bits per heavy atom. The van der Waals surface area contributed by atoms with Crippen molar-refractivity contribution in [1.29, 1.82) is 0 Å². The molecule has 0 N–H and O–H groups in total. The number of pyridine rings is 3. The maximum atomic E-state index is 4.56. The van der Waals surface area contributed by atoms with Crippen molar-refractivity contribution >= 4 is 33.7 Å². The van der Waals surface area contributed by atoms with Crippen LogP contribution in [0.25, 0.3) is 21.9 Å². The molecule has 0 unspecified atom stereocenters. The standard InChI is InChI=1S/C20H17N3S/c1-2-4-14-9-15-10-16(6-7-18(15)22-12-14)24-17-11-20-19(23-13-17)5-3-8-21-20/h3,5-13H,2,4H2,1H3. The molecule has 0 fully saturated rings. The van der Waals surface area contributed by atoms with Gasteiger partial charge >= 0.3 is 0 Å². The lowest BCUT2D eigenvalue weighted by Crippen LogP contribution is -1.87. The summed E-state index contributed by atoms with van der Waals surface area (Å²) in [6.07, 6.45) is 7.90. The van der Waals surface area contributed by atoms with Gasteiger partial charge in [0, 0.05) is 33.8 Å². The molecular weight excluding hydrogens is 314 g/mol. The minimum absolute atomic E-state index is 0.925. The Bertz CT molecular complexity index is 1010. The molecule has 0 spiro atoms. The summed E-state index contributed by atoms with van der Waals surface area (Å²) < 4.78 is 0. The smallest absolute Gasteiger partial charge is 0.0897 e. The van der Waals surface area contributed by atoms with E-state index >= 15 is 0 Å². The van der Waals surface area contributed by atoms with Gasteiger partial charge in [0.05, 0.1) is 16.6 Å². The second kappa shape index (κ2) is 6.57. The van der Waals surface area contributed by atoms with Crippen LogP contribution in [0.15, 0.2) is 70.8 Å². The predicted molar refractivity (Wildman–Crippen MR) is 99.4 cm³/mol. The van der Waals surface area contributed by atoms with Gasteiger partial charge in [0.25, 0.3) is 0 Å². The molecule has 0 atom stereocenters. The first kappa shape index (κ1) is 15.1. The zero-order valence-corrected chi connectivity index (χ0v) is 14.3. The second-order valence-electron chi connectivity index (χ2n) is 5.76. The Labute approximate surface area is 145 Å². The first-order chi connectivity index (χ1) is 11.8. The van der Waals surface area contributed by atoms with E-state index in [1.54, 1.807) is 18.0 Å². The van der Waals surface area contributed by atoms with Crippen LogP contribution in [0, 0.1) is 0 Å². The van der Waals surface area contributed by atoms with E-state index in [2.05, 4.69) is 52.2 Å². The molecule has 3 nitrogen and oxygen atoms in total. The Morgan fingerprint density at radius 1 is 0.833 bits per heavy atom. The molecule has 0 saturated carbocycles. The molecule has 4 aromatic rings. The van der Waals surface area contributed by atoms with Gasteiger partial charge in [0.15, 0.2) is 0 Å². The number of nitrogens with zero attached hydrogens (tertiary/aromatic N) is 3. The van der Waals surface area contributed by atoms with E-state index in [1.165, 1.54) is 15.8 Å². The highest BCUT2D eigenvalue weighted by Crippen LogP contribution is 2.30. The van der Waals surface area contributed by atoms with E-state index in [0.29, 0.717) is 0 Å². The average Bonchev–Trinajstić information content (AvgIpc) is 2.62. The van der Waals surface area contributed by atoms with E-state index in [-0.39, 0.29) is 0 Å². The summed E-state index contributed by atoms with van der Waals surface area (Å²) in [5.74, 6) is 0. The van der Waals surface area contributed by atoms with E-state index < -0.39 is 0 Å². The lowest BCUT2D eigenvalue weighted by molar-refractivity contribution is 0.917. The highest BCUT2D eigenvalue weighted by molar-refractivity contribution is 7.99. The Kier molecular flexibility index (Phi) is 4.13. The molecule has 4 heteroatoms. The summed E-state index contributed by atoms with van der Waals surface area (Å²) in [4.78, 5) is 15.7. The third-order valence-electron chi connectivity index (χ3n) is 3.91. The van der Waals surface area contributed by atoms with Gasteiger partial charge in [-0.25, -0.2) is 0 Å². The van der Waals surface area contributed by atoms with Crippen molar-refractivity contribution in [1.82, 2.24) is 15.0 Å². The fourth-order valence-corrected chi connectivity index (χ4v) is 3.64. The van der Waals surface area contributed by atoms with E-state index in [1.807, 2.05) is 24.5 Å². The number of fused-ring (bicyclic) bond motifs is 2. The zero-order valence-electron chi connectivity index (χ0n) is 13.4. The third-order valence-corrected chi connectivity index (χ3v) is 4.86. The number of benzene rings is 1. The normalized spacial score (nSPS) is 11.2. The number of aryl methyl sites for hydroxylation is 1. The molecule has 1 aromatic carbocycles. The number of hydrogen-bond acceptors (Lipinski definition) is 4. The van der Waals surface area contributed by atoms with Crippen LogP contribution < -0.4 is 0 Å². The quantitative estimate of drug-likeness (QED) is 0.510. The van der Waals surface area contributed by atoms with Crippen LogP contribution in [0.3, 0.4) is 0 Å². The van der Waals surface area contributed by atoms with Crippen LogP contribution >= 0.6 is 11.8 Å². The van der Waals surface area contributed by atoms with Crippen molar-refractivity contribution in [2.24, 2.45) is 0 Å². The summed E-state index contributed by atoms with van der Waals surface area (Å²) >= 11 is 1.71. The Hall–Kier alpha value is -2.46. The van der Waals surface area contributed by atoms with Crippen LogP contribution in [0.2, 0.25) is 0 Å². The maximum Gasteiger partial charge on any atom is 0.0897 e. The summed E-state index contributed by atoms with van der Waals surface area (Å²) in [5.41, 5.74) is 4.19. The van der Waals surface area contributed by atoms with Gasteiger partial charge in [0.2, 0.25) is 0 Å². The van der Waals surface area contributed by atoms with Gasteiger partial charge in [-0.05, 0) is 54.4 Å². The van der Waals surface area contributed by atoms with Gasteiger partial charge in [0.1, 0.15) is 0 Å². The van der Waals surface area contributed by atoms with Crippen LogP contribution in [-0.4, -0.2) is 15.0 Å². The van der Waals surface area contributed by atoms with Crippen LogP contribution in [0.4, 0.5) is 0 Å². The number of hydrogen-bond donors (Lipinski definition) is 0. The van der Waals surface area contributed by atoms with Crippen molar-refractivity contribution in [2.75, 3.05) is 0 Å². The lowest BCUT2D eigenvalue weighted by Gasteiger charge is -2.06. The highest BCUT2D eigenvalue weighted by Gasteiger charge is 2.04. The van der Waals surface area contributed by atoms with Crippen LogP contribution in [0.5, 0.6) is 0 Å². The molecule has 0 bridgehead atoms. The minimum atomic E-state index is 0.925. The van der Waals surface area contributed by atoms with Crippen molar-refractivity contribution in [3.63, 3.8) is 0 Å². The second-order valence-corrected chi connectivity index (χ2v) is 6.91. The summed E-state index contributed by atoms with van der Waals surface area (Å²) in [7, 11) is 0. The predicted octanol–water partition coefficient (Wildman–Crippen LogP) is 5.28. The summed E-state index contributed by atoms with van der Waals surface area (Å²) in [6, 6.07) is 14.6. The maximum absolute atomic E-state index is 4.56. The lowest BCUT2D eigenvalue weighted by atomic mass is 10.1. The van der Waals surface area contributed by atoms with E-state index in [9.17, 15) is 0 Å².